The van der Waals surface area contributed by atoms with Gasteiger partial charge in [0.1, 0.15) is 18.3 Å². The second kappa shape index (κ2) is 1.90. The van der Waals surface area contributed by atoms with Gasteiger partial charge in [0.25, 0.3) is 0 Å². The Morgan fingerprint density at radius 3 is 3.10 bits per heavy atom. The molecule has 0 atom stereocenters. The average Bonchev–Trinajstić information content (AvgIpc) is 2.59. The van der Waals surface area contributed by atoms with Gasteiger partial charge in [-0.05, 0) is 10.4 Å². The monoisotopic (exact) mass is 137 g/mol. The Bertz CT molecular complexity index is 253. The number of hydrogen-bond acceptors (Lipinski definition) is 5. The van der Waals surface area contributed by atoms with E-state index in [0.717, 1.165) is 0 Å². The van der Waals surface area contributed by atoms with Crippen molar-refractivity contribution in [3.05, 3.63) is 18.8 Å². The third kappa shape index (κ3) is 0.661. The first-order chi connectivity index (χ1) is 4.97. The van der Waals surface area contributed by atoms with Gasteiger partial charge < -0.3 is 4.52 Å². The van der Waals surface area contributed by atoms with Crippen molar-refractivity contribution < 1.29 is 4.52 Å². The van der Waals surface area contributed by atoms with E-state index in [0.29, 0.717) is 5.69 Å². The lowest BCUT2D eigenvalue weighted by atomic mass is 10.6. The molecule has 2 aromatic rings. The summed E-state index contributed by atoms with van der Waals surface area (Å²) in [5, 5.41) is 14.0. The largest absolute Gasteiger partial charge is 0.362 e. The SMILES string of the molecule is c1nocc1-n1cnnn1. The molecule has 6 nitrogen and oxygen atoms in total. The van der Waals surface area contributed by atoms with Crippen molar-refractivity contribution in [3.63, 3.8) is 0 Å². The molecule has 0 saturated heterocycles. The minimum Gasteiger partial charge on any atom is -0.362 e. The molecule has 0 saturated carbocycles. The predicted octanol–water partition coefficient (Wildman–Crippen LogP) is -0.350. The molecule has 2 rings (SSSR count). The Hall–Kier alpha value is -1.72. The van der Waals surface area contributed by atoms with Crippen LogP contribution in [-0.2, 0) is 0 Å². The van der Waals surface area contributed by atoms with Gasteiger partial charge in [0.05, 0.1) is 6.20 Å². The summed E-state index contributed by atoms with van der Waals surface area (Å²) in [5.74, 6) is 0. The summed E-state index contributed by atoms with van der Waals surface area (Å²) in [4.78, 5) is 0. The summed E-state index contributed by atoms with van der Waals surface area (Å²) >= 11 is 0. The molecule has 0 unspecified atom stereocenters. The maximum Gasteiger partial charge on any atom is 0.149 e. The lowest BCUT2D eigenvalue weighted by molar-refractivity contribution is 0.419. The van der Waals surface area contributed by atoms with Crippen molar-refractivity contribution in [2.24, 2.45) is 0 Å². The van der Waals surface area contributed by atoms with Crippen LogP contribution in [0.5, 0.6) is 0 Å². The number of hydrogen-bond donors (Lipinski definition) is 0. The van der Waals surface area contributed by atoms with Crippen LogP contribution in [0.25, 0.3) is 5.69 Å². The summed E-state index contributed by atoms with van der Waals surface area (Å²) in [6, 6.07) is 0. The highest BCUT2D eigenvalue weighted by atomic mass is 16.5. The van der Waals surface area contributed by atoms with Crippen LogP contribution < -0.4 is 0 Å². The smallest absolute Gasteiger partial charge is 0.149 e. The van der Waals surface area contributed by atoms with Crippen molar-refractivity contribution in [1.82, 2.24) is 25.4 Å². The van der Waals surface area contributed by atoms with E-state index in [4.69, 9.17) is 0 Å². The van der Waals surface area contributed by atoms with E-state index < -0.39 is 0 Å². The molecular formula is C4H3N5O. The normalized spacial score (nSPS) is 10.0. The van der Waals surface area contributed by atoms with Crippen LogP contribution in [0, 0.1) is 0 Å². The third-order valence-corrected chi connectivity index (χ3v) is 1.03. The average molecular weight is 137 g/mol. The van der Waals surface area contributed by atoms with E-state index in [1.807, 2.05) is 0 Å². The predicted molar refractivity (Wildman–Crippen MR) is 29.2 cm³/mol. The molecule has 0 aliphatic heterocycles. The standard InChI is InChI=1S/C4H3N5O/c1-4(2-10-6-1)9-3-5-7-8-9/h1-3H. The summed E-state index contributed by atoms with van der Waals surface area (Å²) in [7, 11) is 0. The van der Waals surface area contributed by atoms with Gasteiger partial charge >= 0.3 is 0 Å². The van der Waals surface area contributed by atoms with Gasteiger partial charge in [0.2, 0.25) is 0 Å². The van der Waals surface area contributed by atoms with Crippen molar-refractivity contribution in [3.8, 4) is 5.69 Å². The van der Waals surface area contributed by atoms with Crippen molar-refractivity contribution in [2.75, 3.05) is 0 Å². The van der Waals surface area contributed by atoms with Gasteiger partial charge in [-0.15, -0.1) is 5.10 Å². The Balaban J connectivity index is 2.48. The summed E-state index contributed by atoms with van der Waals surface area (Å²) < 4.78 is 6.03. The second-order valence-corrected chi connectivity index (χ2v) is 1.64. The molecule has 6 heteroatoms. The number of rotatable bonds is 1. The first-order valence-corrected chi connectivity index (χ1v) is 2.59. The zero-order valence-corrected chi connectivity index (χ0v) is 4.88. The molecule has 10 heavy (non-hydrogen) atoms. The first-order valence-electron chi connectivity index (χ1n) is 2.59. The van der Waals surface area contributed by atoms with Crippen molar-refractivity contribution in [2.45, 2.75) is 0 Å². The Kier molecular flexibility index (Phi) is 0.970. The molecule has 0 N–H and O–H groups in total. The molecule has 2 heterocycles. The molecule has 50 valence electrons. The van der Waals surface area contributed by atoms with Crippen LogP contribution >= 0.6 is 0 Å². The Morgan fingerprint density at radius 2 is 2.50 bits per heavy atom. The highest BCUT2D eigenvalue weighted by Gasteiger charge is 1.97. The van der Waals surface area contributed by atoms with Gasteiger partial charge in [-0.1, -0.05) is 5.16 Å². The maximum absolute atomic E-state index is 4.57. The maximum atomic E-state index is 4.57. The molecule has 0 fully saturated rings. The molecule has 0 aliphatic rings. The van der Waals surface area contributed by atoms with Gasteiger partial charge in [-0.25, -0.2) is 0 Å². The van der Waals surface area contributed by atoms with E-state index in [1.54, 1.807) is 0 Å². The molecule has 0 aromatic carbocycles. The highest BCUT2D eigenvalue weighted by Crippen LogP contribution is 1.99. The van der Waals surface area contributed by atoms with E-state index in [9.17, 15) is 0 Å². The molecule has 0 aliphatic carbocycles. The summed E-state index contributed by atoms with van der Waals surface area (Å²) in [6.07, 6.45) is 4.44. The molecule has 2 aromatic heterocycles. The summed E-state index contributed by atoms with van der Waals surface area (Å²) in [5.41, 5.74) is 0.713. The molecule has 0 spiro atoms. The van der Waals surface area contributed by atoms with E-state index in [1.165, 1.54) is 23.5 Å². The van der Waals surface area contributed by atoms with Crippen LogP contribution in [0.3, 0.4) is 0 Å². The molecule has 0 radical (unpaired) electrons. The topological polar surface area (TPSA) is 69.6 Å². The first kappa shape index (κ1) is 5.10. The number of nitrogens with zero attached hydrogens (tertiary/aromatic N) is 5. The number of aromatic nitrogens is 5. The molecular weight excluding hydrogens is 134 g/mol. The molecule has 0 bridgehead atoms. The van der Waals surface area contributed by atoms with E-state index >= 15 is 0 Å². The lowest BCUT2D eigenvalue weighted by Crippen LogP contribution is -1.91. The van der Waals surface area contributed by atoms with Crippen molar-refractivity contribution >= 4 is 0 Å². The molecule has 0 amide bonds. The Labute approximate surface area is 55.4 Å². The van der Waals surface area contributed by atoms with E-state index in [-0.39, 0.29) is 0 Å². The Morgan fingerprint density at radius 1 is 1.50 bits per heavy atom. The van der Waals surface area contributed by atoms with Crippen LogP contribution in [-0.4, -0.2) is 25.4 Å². The van der Waals surface area contributed by atoms with Gasteiger partial charge in [-0.3, -0.25) is 0 Å². The van der Waals surface area contributed by atoms with Gasteiger partial charge in [0, 0.05) is 0 Å². The van der Waals surface area contributed by atoms with Crippen LogP contribution in [0.2, 0.25) is 0 Å². The fourth-order valence-electron chi connectivity index (χ4n) is 0.592. The highest BCUT2D eigenvalue weighted by molar-refractivity contribution is 5.19. The van der Waals surface area contributed by atoms with Crippen LogP contribution in [0.15, 0.2) is 23.3 Å². The fourth-order valence-corrected chi connectivity index (χ4v) is 0.592. The number of tetrazole rings is 1. The zero-order chi connectivity index (χ0) is 6.81. The minimum atomic E-state index is 0.713. The lowest BCUT2D eigenvalue weighted by Gasteiger charge is -1.85. The summed E-state index contributed by atoms with van der Waals surface area (Å²) in [6.45, 7) is 0. The van der Waals surface area contributed by atoms with Crippen LogP contribution in [0.4, 0.5) is 0 Å². The second-order valence-electron chi connectivity index (χ2n) is 1.64. The minimum absolute atomic E-state index is 0.713. The fraction of sp³-hybridized carbons (Fsp3) is 0. The van der Waals surface area contributed by atoms with E-state index in [2.05, 4.69) is 25.2 Å². The van der Waals surface area contributed by atoms with Crippen molar-refractivity contribution in [1.29, 1.82) is 0 Å². The third-order valence-electron chi connectivity index (χ3n) is 1.03. The zero-order valence-electron chi connectivity index (χ0n) is 4.88. The quantitative estimate of drug-likeness (QED) is 0.537. The van der Waals surface area contributed by atoms with Crippen LogP contribution in [0.1, 0.15) is 0 Å². The van der Waals surface area contributed by atoms with Gasteiger partial charge in [-0.2, -0.15) is 4.68 Å². The van der Waals surface area contributed by atoms with Gasteiger partial charge in [0.15, 0.2) is 0 Å².